The summed E-state index contributed by atoms with van der Waals surface area (Å²) in [7, 11) is 2.74. The lowest BCUT2D eigenvalue weighted by Gasteiger charge is -2.13. The first-order valence-corrected chi connectivity index (χ1v) is 9.07. The van der Waals surface area contributed by atoms with Crippen molar-refractivity contribution in [2.45, 2.75) is 0 Å². The number of aromatic nitrogens is 1. The molecule has 2 aromatic carbocycles. The molecule has 8 heteroatoms. The number of carbonyl (C=O) groups excluding carboxylic acids is 2. The van der Waals surface area contributed by atoms with E-state index in [9.17, 15) is 9.59 Å². The second-order valence-corrected chi connectivity index (χ2v) is 6.53. The Kier molecular flexibility index (Phi) is 6.64. The third-order valence-corrected chi connectivity index (χ3v) is 4.30. The molecule has 0 aliphatic carbocycles. The van der Waals surface area contributed by atoms with Gasteiger partial charge in [0.25, 0.3) is 0 Å². The predicted octanol–water partition coefficient (Wildman–Crippen LogP) is 3.69. The summed E-state index contributed by atoms with van der Waals surface area (Å²) < 4.78 is 15.2. The third kappa shape index (κ3) is 5.22. The van der Waals surface area contributed by atoms with Gasteiger partial charge in [0.2, 0.25) is 5.91 Å². The second kappa shape index (κ2) is 9.36. The molecule has 0 fully saturated rings. The summed E-state index contributed by atoms with van der Waals surface area (Å²) in [6.07, 6.45) is 0. The molecular formula is C21H19ClN2O5. The minimum Gasteiger partial charge on any atom is -0.481 e. The Morgan fingerprint density at radius 2 is 1.79 bits per heavy atom. The Bertz CT molecular complexity index is 1040. The average Bonchev–Trinajstić information content (AvgIpc) is 2.72. The lowest BCUT2D eigenvalue weighted by Crippen LogP contribution is -2.17. The fourth-order valence-electron chi connectivity index (χ4n) is 2.68. The molecule has 3 rings (SSSR count). The largest absolute Gasteiger partial charge is 0.481 e. The molecule has 0 radical (unpaired) electrons. The zero-order chi connectivity index (χ0) is 20.8. The van der Waals surface area contributed by atoms with E-state index >= 15 is 0 Å². The van der Waals surface area contributed by atoms with Crippen LogP contribution in [-0.2, 0) is 19.1 Å². The smallest absolute Gasteiger partial charge is 0.343 e. The van der Waals surface area contributed by atoms with Crippen molar-refractivity contribution in [2.24, 2.45) is 0 Å². The van der Waals surface area contributed by atoms with Crippen molar-refractivity contribution < 1.29 is 23.8 Å². The van der Waals surface area contributed by atoms with Gasteiger partial charge >= 0.3 is 5.97 Å². The quantitative estimate of drug-likeness (QED) is 0.593. The summed E-state index contributed by atoms with van der Waals surface area (Å²) in [4.78, 5) is 28.0. The van der Waals surface area contributed by atoms with E-state index in [0.29, 0.717) is 33.1 Å². The summed E-state index contributed by atoms with van der Waals surface area (Å²) >= 11 is 5.97. The van der Waals surface area contributed by atoms with E-state index in [0.717, 1.165) is 5.56 Å². The molecule has 0 unspecified atom stereocenters. The number of methoxy groups -OCH3 is 2. The number of fused-ring (bicyclic) bond motifs is 1. The molecule has 0 aliphatic heterocycles. The van der Waals surface area contributed by atoms with Crippen molar-refractivity contribution in [3.05, 3.63) is 53.6 Å². The number of pyridine rings is 1. The van der Waals surface area contributed by atoms with Gasteiger partial charge in [-0.15, -0.1) is 0 Å². The van der Waals surface area contributed by atoms with Crippen molar-refractivity contribution in [3.8, 4) is 17.0 Å². The van der Waals surface area contributed by atoms with Gasteiger partial charge in [-0.2, -0.15) is 0 Å². The van der Waals surface area contributed by atoms with Crippen LogP contribution in [0.15, 0.2) is 48.5 Å². The molecule has 0 saturated carbocycles. The van der Waals surface area contributed by atoms with E-state index < -0.39 is 5.97 Å². The van der Waals surface area contributed by atoms with Crippen LogP contribution in [0.5, 0.6) is 5.75 Å². The zero-order valence-electron chi connectivity index (χ0n) is 15.9. The van der Waals surface area contributed by atoms with Crippen LogP contribution in [0.3, 0.4) is 0 Å². The number of hydrogen-bond acceptors (Lipinski definition) is 6. The number of hydrogen-bond donors (Lipinski definition) is 1. The SMILES string of the molecule is COCC(=O)Nc1ccc2nc(-c3ccc(Cl)cc3)cc(OCC(=O)OC)c2c1. The average molecular weight is 415 g/mol. The first-order chi connectivity index (χ1) is 14.0. The minimum absolute atomic E-state index is 0.0580. The Morgan fingerprint density at radius 3 is 2.48 bits per heavy atom. The summed E-state index contributed by atoms with van der Waals surface area (Å²) in [6.45, 7) is -0.312. The standard InChI is InChI=1S/C21H19ClN2O5/c1-27-11-20(25)23-15-7-8-17-16(9-15)19(29-12-21(26)28-2)10-18(24-17)13-3-5-14(22)6-4-13/h3-10H,11-12H2,1-2H3,(H,23,25). The van der Waals surface area contributed by atoms with Crippen molar-refractivity contribution in [3.63, 3.8) is 0 Å². The number of amides is 1. The zero-order valence-corrected chi connectivity index (χ0v) is 16.7. The van der Waals surface area contributed by atoms with Crippen molar-refractivity contribution >= 4 is 40.1 Å². The van der Waals surface area contributed by atoms with Crippen LogP contribution in [0.4, 0.5) is 5.69 Å². The number of nitrogens with one attached hydrogen (secondary N) is 1. The van der Waals surface area contributed by atoms with E-state index in [4.69, 9.17) is 21.1 Å². The topological polar surface area (TPSA) is 86.8 Å². The van der Waals surface area contributed by atoms with E-state index in [-0.39, 0.29) is 19.1 Å². The van der Waals surface area contributed by atoms with Gasteiger partial charge in [0.15, 0.2) is 6.61 Å². The molecule has 0 aliphatic rings. The highest BCUT2D eigenvalue weighted by molar-refractivity contribution is 6.30. The highest BCUT2D eigenvalue weighted by atomic mass is 35.5. The van der Waals surface area contributed by atoms with Gasteiger partial charge < -0.3 is 19.5 Å². The van der Waals surface area contributed by atoms with E-state index in [1.807, 2.05) is 12.1 Å². The summed E-state index contributed by atoms with van der Waals surface area (Å²) in [5, 5.41) is 4.00. The van der Waals surface area contributed by atoms with Gasteiger partial charge in [-0.3, -0.25) is 4.79 Å². The number of halogens is 1. The first kappa shape index (κ1) is 20.6. The second-order valence-electron chi connectivity index (χ2n) is 6.09. The number of carbonyl (C=O) groups is 2. The van der Waals surface area contributed by atoms with Crippen LogP contribution in [0.1, 0.15) is 0 Å². The lowest BCUT2D eigenvalue weighted by atomic mass is 10.1. The molecule has 3 aromatic rings. The van der Waals surface area contributed by atoms with Gasteiger partial charge in [0.1, 0.15) is 12.4 Å². The molecule has 0 bridgehead atoms. The molecule has 7 nitrogen and oxygen atoms in total. The van der Waals surface area contributed by atoms with Gasteiger partial charge in [0, 0.05) is 34.8 Å². The number of esters is 1. The molecular weight excluding hydrogens is 396 g/mol. The van der Waals surface area contributed by atoms with Crippen LogP contribution in [0.2, 0.25) is 5.02 Å². The van der Waals surface area contributed by atoms with E-state index in [2.05, 4.69) is 15.0 Å². The highest BCUT2D eigenvalue weighted by Gasteiger charge is 2.13. The Labute approximate surface area is 172 Å². The van der Waals surface area contributed by atoms with Crippen LogP contribution in [-0.4, -0.2) is 44.3 Å². The summed E-state index contributed by atoms with van der Waals surface area (Å²) in [5.74, 6) is -0.352. The van der Waals surface area contributed by atoms with Crippen LogP contribution >= 0.6 is 11.6 Å². The molecule has 0 spiro atoms. The van der Waals surface area contributed by atoms with Crippen molar-refractivity contribution in [2.75, 3.05) is 32.8 Å². The van der Waals surface area contributed by atoms with Gasteiger partial charge in [0.05, 0.1) is 18.3 Å². The highest BCUT2D eigenvalue weighted by Crippen LogP contribution is 2.32. The number of anilines is 1. The van der Waals surface area contributed by atoms with E-state index in [1.165, 1.54) is 14.2 Å². The number of ether oxygens (including phenoxy) is 3. The van der Waals surface area contributed by atoms with Gasteiger partial charge in [-0.05, 0) is 30.3 Å². The molecule has 1 aromatic heterocycles. The molecule has 0 saturated heterocycles. The maximum absolute atomic E-state index is 11.8. The van der Waals surface area contributed by atoms with Crippen LogP contribution in [0.25, 0.3) is 22.2 Å². The summed E-state index contributed by atoms with van der Waals surface area (Å²) in [6, 6.07) is 14.2. The predicted molar refractivity (Wildman–Crippen MR) is 110 cm³/mol. The molecule has 150 valence electrons. The van der Waals surface area contributed by atoms with Crippen molar-refractivity contribution in [1.82, 2.24) is 4.98 Å². The third-order valence-electron chi connectivity index (χ3n) is 4.04. The maximum atomic E-state index is 11.8. The minimum atomic E-state index is -0.507. The monoisotopic (exact) mass is 414 g/mol. The van der Waals surface area contributed by atoms with Crippen LogP contribution < -0.4 is 10.1 Å². The fraction of sp³-hybridized carbons (Fsp3) is 0.190. The molecule has 1 heterocycles. The maximum Gasteiger partial charge on any atom is 0.343 e. The number of rotatable bonds is 7. The van der Waals surface area contributed by atoms with Gasteiger partial charge in [-0.25, -0.2) is 9.78 Å². The fourth-order valence-corrected chi connectivity index (χ4v) is 2.81. The van der Waals surface area contributed by atoms with Crippen LogP contribution in [0, 0.1) is 0 Å². The molecule has 29 heavy (non-hydrogen) atoms. The Hall–Kier alpha value is -3.16. The van der Waals surface area contributed by atoms with Crippen molar-refractivity contribution in [1.29, 1.82) is 0 Å². The molecule has 1 N–H and O–H groups in total. The molecule has 0 atom stereocenters. The first-order valence-electron chi connectivity index (χ1n) is 8.69. The molecule has 1 amide bonds. The summed E-state index contributed by atoms with van der Waals surface area (Å²) in [5.41, 5.74) is 2.70. The number of nitrogens with zero attached hydrogens (tertiary/aromatic N) is 1. The van der Waals surface area contributed by atoms with Gasteiger partial charge in [-0.1, -0.05) is 23.7 Å². The number of benzene rings is 2. The van der Waals surface area contributed by atoms with E-state index in [1.54, 1.807) is 36.4 Å². The Balaban J connectivity index is 2.03. The Morgan fingerprint density at radius 1 is 1.03 bits per heavy atom. The lowest BCUT2D eigenvalue weighted by molar-refractivity contribution is -0.142. The normalized spacial score (nSPS) is 10.6.